The number of hydrogen-bond acceptors (Lipinski definition) is 3. The van der Waals surface area contributed by atoms with Crippen LogP contribution in [0, 0.1) is 0 Å². The summed E-state index contributed by atoms with van der Waals surface area (Å²) in [7, 11) is 0.0700. The van der Waals surface area contributed by atoms with Crippen LogP contribution < -0.4 is 0 Å². The third-order valence-electron chi connectivity index (χ3n) is 0.825. The molecule has 9 heavy (non-hydrogen) atoms. The fraction of sp³-hybridized carbons (Fsp3) is 0.200. The largest absolute Gasteiger partial charge is 0.274 e. The first-order chi connectivity index (χ1) is 4.43. The van der Waals surface area contributed by atoms with Crippen LogP contribution in [-0.2, 0) is 10.7 Å². The number of rotatable bonds is 2. The third kappa shape index (κ3) is 1.86. The van der Waals surface area contributed by atoms with E-state index in [1.165, 1.54) is 0 Å². The molecule has 0 fully saturated rings. The minimum atomic E-state index is 0.0700. The molecule has 1 aromatic heterocycles. The van der Waals surface area contributed by atoms with Crippen molar-refractivity contribution < 1.29 is 4.57 Å². The van der Waals surface area contributed by atoms with E-state index in [9.17, 15) is 4.57 Å². The third-order valence-corrected chi connectivity index (χ3v) is 1.24. The molecular formula is C5H5N2OP. The topological polar surface area (TPSA) is 42.9 Å². The molecule has 0 atom stereocenters. The van der Waals surface area contributed by atoms with Gasteiger partial charge in [-0.25, -0.2) is 9.97 Å². The summed E-state index contributed by atoms with van der Waals surface area (Å²) >= 11 is 0. The van der Waals surface area contributed by atoms with Crippen LogP contribution >= 0.6 is 8.46 Å². The SMILES string of the molecule is O=PCc1ncccn1. The van der Waals surface area contributed by atoms with Crippen LogP contribution in [-0.4, -0.2) is 9.97 Å². The highest BCUT2D eigenvalue weighted by molar-refractivity contribution is 7.22. The van der Waals surface area contributed by atoms with Crippen LogP contribution in [0.2, 0.25) is 0 Å². The van der Waals surface area contributed by atoms with E-state index in [4.69, 9.17) is 0 Å². The average molecular weight is 140 g/mol. The van der Waals surface area contributed by atoms with Crippen LogP contribution in [0.15, 0.2) is 18.5 Å². The van der Waals surface area contributed by atoms with Gasteiger partial charge < -0.3 is 0 Å². The molecule has 4 heteroatoms. The summed E-state index contributed by atoms with van der Waals surface area (Å²) < 4.78 is 9.99. The van der Waals surface area contributed by atoms with Crippen molar-refractivity contribution in [1.29, 1.82) is 0 Å². The maximum Gasteiger partial charge on any atom is 0.163 e. The summed E-state index contributed by atoms with van der Waals surface area (Å²) in [6.07, 6.45) is 3.67. The first-order valence-corrected chi connectivity index (χ1v) is 3.48. The zero-order chi connectivity index (χ0) is 6.53. The second-order valence-corrected chi connectivity index (χ2v) is 2.03. The molecule has 0 aliphatic rings. The number of aromatic nitrogens is 2. The molecule has 1 rings (SSSR count). The molecule has 3 nitrogen and oxygen atoms in total. The van der Waals surface area contributed by atoms with Crippen LogP contribution in [0.5, 0.6) is 0 Å². The summed E-state index contributed by atoms with van der Waals surface area (Å²) in [5.41, 5.74) is 0. The van der Waals surface area contributed by atoms with Crippen molar-refractivity contribution in [1.82, 2.24) is 9.97 Å². The van der Waals surface area contributed by atoms with E-state index < -0.39 is 0 Å². The lowest BCUT2D eigenvalue weighted by Gasteiger charge is -1.86. The van der Waals surface area contributed by atoms with Crippen LogP contribution in [0.4, 0.5) is 0 Å². The fourth-order valence-electron chi connectivity index (χ4n) is 0.469. The van der Waals surface area contributed by atoms with Gasteiger partial charge in [0.1, 0.15) is 5.82 Å². The zero-order valence-electron chi connectivity index (χ0n) is 4.69. The van der Waals surface area contributed by atoms with E-state index >= 15 is 0 Å². The Morgan fingerprint density at radius 1 is 1.44 bits per heavy atom. The number of hydrogen-bond donors (Lipinski definition) is 0. The number of nitrogens with zero attached hydrogens (tertiary/aromatic N) is 2. The molecule has 0 spiro atoms. The quantitative estimate of drug-likeness (QED) is 0.581. The first-order valence-electron chi connectivity index (χ1n) is 2.48. The van der Waals surface area contributed by atoms with Gasteiger partial charge >= 0.3 is 0 Å². The molecule has 0 bridgehead atoms. The Morgan fingerprint density at radius 3 is 2.67 bits per heavy atom. The molecule has 0 unspecified atom stereocenters. The maximum absolute atomic E-state index is 9.99. The second-order valence-electron chi connectivity index (χ2n) is 1.45. The van der Waals surface area contributed by atoms with Gasteiger partial charge in [-0.1, -0.05) is 0 Å². The van der Waals surface area contributed by atoms with Gasteiger partial charge in [0.2, 0.25) is 0 Å². The second kappa shape index (κ2) is 3.25. The minimum absolute atomic E-state index is 0.0700. The van der Waals surface area contributed by atoms with Crippen LogP contribution in [0.25, 0.3) is 0 Å². The molecule has 0 aliphatic heterocycles. The van der Waals surface area contributed by atoms with Crippen molar-refractivity contribution in [3.05, 3.63) is 24.3 Å². The van der Waals surface area contributed by atoms with Crippen LogP contribution in [0.1, 0.15) is 5.82 Å². The van der Waals surface area contributed by atoms with Crippen molar-refractivity contribution in [3.63, 3.8) is 0 Å². The van der Waals surface area contributed by atoms with Gasteiger partial charge in [-0.3, -0.25) is 4.57 Å². The molecular weight excluding hydrogens is 135 g/mol. The van der Waals surface area contributed by atoms with E-state index in [-0.39, 0.29) is 8.46 Å². The lowest BCUT2D eigenvalue weighted by Crippen LogP contribution is -1.86. The highest BCUT2D eigenvalue weighted by Gasteiger charge is 1.89. The van der Waals surface area contributed by atoms with Crippen molar-refractivity contribution in [2.45, 2.75) is 6.16 Å². The Hall–Kier alpha value is -0.820. The molecule has 0 aromatic carbocycles. The van der Waals surface area contributed by atoms with Crippen molar-refractivity contribution >= 4 is 8.46 Å². The van der Waals surface area contributed by atoms with Gasteiger partial charge in [-0.2, -0.15) is 0 Å². The average Bonchev–Trinajstić information content (AvgIpc) is 1.91. The first kappa shape index (κ1) is 6.30. The Kier molecular flexibility index (Phi) is 2.28. The molecule has 0 N–H and O–H groups in total. The summed E-state index contributed by atoms with van der Waals surface area (Å²) in [6.45, 7) is 0. The lowest BCUT2D eigenvalue weighted by atomic mass is 10.6. The van der Waals surface area contributed by atoms with E-state index in [2.05, 4.69) is 9.97 Å². The van der Waals surface area contributed by atoms with Gasteiger partial charge in [0, 0.05) is 12.4 Å². The van der Waals surface area contributed by atoms with Crippen molar-refractivity contribution in [3.8, 4) is 0 Å². The highest BCUT2D eigenvalue weighted by Crippen LogP contribution is 2.00. The molecule has 0 saturated heterocycles. The van der Waals surface area contributed by atoms with Gasteiger partial charge in [0.05, 0.1) is 6.16 Å². The Bertz CT molecular complexity index is 189. The molecule has 1 heterocycles. The predicted molar refractivity (Wildman–Crippen MR) is 33.3 cm³/mol. The maximum atomic E-state index is 9.99. The fourth-order valence-corrected chi connectivity index (χ4v) is 0.748. The summed E-state index contributed by atoms with van der Waals surface area (Å²) in [5.74, 6) is 0.620. The molecule has 1 aromatic rings. The van der Waals surface area contributed by atoms with Gasteiger partial charge in [0.25, 0.3) is 0 Å². The van der Waals surface area contributed by atoms with Gasteiger partial charge in [-0.05, 0) is 6.07 Å². The highest BCUT2D eigenvalue weighted by atomic mass is 31.1. The Labute approximate surface area is 54.4 Å². The van der Waals surface area contributed by atoms with E-state index in [1.807, 2.05) is 0 Å². The molecule has 0 amide bonds. The van der Waals surface area contributed by atoms with Gasteiger partial charge in [-0.15, -0.1) is 0 Å². The Morgan fingerprint density at radius 2 is 2.11 bits per heavy atom. The summed E-state index contributed by atoms with van der Waals surface area (Å²) in [6, 6.07) is 1.73. The smallest absolute Gasteiger partial charge is 0.163 e. The molecule has 0 aliphatic carbocycles. The Balaban J connectivity index is 2.72. The predicted octanol–water partition coefficient (Wildman–Crippen LogP) is 1.27. The van der Waals surface area contributed by atoms with E-state index in [0.29, 0.717) is 12.0 Å². The van der Waals surface area contributed by atoms with Crippen molar-refractivity contribution in [2.75, 3.05) is 0 Å². The molecule has 0 saturated carbocycles. The minimum Gasteiger partial charge on any atom is -0.274 e. The summed E-state index contributed by atoms with van der Waals surface area (Å²) in [5, 5.41) is 0. The van der Waals surface area contributed by atoms with E-state index in [1.54, 1.807) is 18.5 Å². The van der Waals surface area contributed by atoms with Crippen molar-refractivity contribution in [2.24, 2.45) is 0 Å². The molecule has 0 radical (unpaired) electrons. The zero-order valence-corrected chi connectivity index (χ0v) is 5.58. The molecule has 46 valence electrons. The standard InChI is InChI=1S/C5H5N2OP/c8-9-4-5-6-2-1-3-7-5/h1-3H,4H2. The lowest BCUT2D eigenvalue weighted by molar-refractivity contribution is 0.597. The van der Waals surface area contributed by atoms with E-state index in [0.717, 1.165) is 0 Å². The summed E-state index contributed by atoms with van der Waals surface area (Å²) in [4.78, 5) is 7.70. The van der Waals surface area contributed by atoms with Gasteiger partial charge in [0.15, 0.2) is 8.46 Å². The monoisotopic (exact) mass is 140 g/mol. The normalized spacial score (nSPS) is 9.78. The van der Waals surface area contributed by atoms with Crippen LogP contribution in [0.3, 0.4) is 0 Å².